The monoisotopic (exact) mass is 279 g/mol. The van der Waals surface area contributed by atoms with Crippen LogP contribution in [0.5, 0.6) is 5.75 Å². The van der Waals surface area contributed by atoms with Crippen LogP contribution < -0.4 is 4.74 Å². The zero-order valence-corrected chi connectivity index (χ0v) is 12.0. The third-order valence-corrected chi connectivity index (χ3v) is 3.92. The summed E-state index contributed by atoms with van der Waals surface area (Å²) in [6.45, 7) is 4.76. The van der Waals surface area contributed by atoms with Gasteiger partial charge < -0.3 is 14.6 Å². The highest BCUT2D eigenvalue weighted by Crippen LogP contribution is 2.33. The van der Waals surface area contributed by atoms with E-state index in [0.717, 1.165) is 24.4 Å². The first kappa shape index (κ1) is 14.8. The van der Waals surface area contributed by atoms with Crippen LogP contribution in [-0.4, -0.2) is 49.4 Å². The molecule has 0 radical (unpaired) electrons. The molecule has 1 N–H and O–H groups in total. The molecular formula is C15H21NO4. The molecule has 1 aromatic rings. The SMILES string of the molecule is COc1ccc(C(C)(CC(=O)O)N2CCOCC2)cc1. The molecule has 110 valence electrons. The van der Waals surface area contributed by atoms with Gasteiger partial charge in [0.2, 0.25) is 0 Å². The van der Waals surface area contributed by atoms with Crippen LogP contribution in [0.3, 0.4) is 0 Å². The number of carboxylic acid groups (broad SMARTS) is 1. The van der Waals surface area contributed by atoms with E-state index in [1.807, 2.05) is 31.2 Å². The molecule has 1 aliphatic rings. The molecule has 2 rings (SSSR count). The Balaban J connectivity index is 2.30. The molecule has 20 heavy (non-hydrogen) atoms. The summed E-state index contributed by atoms with van der Waals surface area (Å²) in [7, 11) is 1.62. The molecule has 1 fully saturated rings. The molecular weight excluding hydrogens is 258 g/mol. The Bertz CT molecular complexity index is 453. The van der Waals surface area contributed by atoms with E-state index in [2.05, 4.69) is 4.90 Å². The molecule has 1 atom stereocenters. The first-order valence-corrected chi connectivity index (χ1v) is 6.75. The minimum absolute atomic E-state index is 0.0688. The van der Waals surface area contributed by atoms with Crippen molar-refractivity contribution in [2.45, 2.75) is 18.9 Å². The first-order chi connectivity index (χ1) is 9.56. The second-order valence-corrected chi connectivity index (χ2v) is 5.17. The number of carbonyl (C=O) groups is 1. The fraction of sp³-hybridized carbons (Fsp3) is 0.533. The highest BCUT2D eigenvalue weighted by Gasteiger charge is 2.36. The summed E-state index contributed by atoms with van der Waals surface area (Å²) in [6.07, 6.45) is 0.0688. The number of morpholine rings is 1. The molecule has 0 aliphatic carbocycles. The Labute approximate surface area is 119 Å². The van der Waals surface area contributed by atoms with E-state index in [9.17, 15) is 9.90 Å². The molecule has 5 nitrogen and oxygen atoms in total. The number of carboxylic acids is 1. The molecule has 1 saturated heterocycles. The van der Waals surface area contributed by atoms with Gasteiger partial charge in [-0.25, -0.2) is 0 Å². The Morgan fingerprint density at radius 3 is 2.45 bits per heavy atom. The maximum absolute atomic E-state index is 11.3. The van der Waals surface area contributed by atoms with E-state index in [-0.39, 0.29) is 6.42 Å². The molecule has 5 heteroatoms. The average Bonchev–Trinajstić information content (AvgIpc) is 2.47. The lowest BCUT2D eigenvalue weighted by molar-refractivity contribution is -0.141. The summed E-state index contributed by atoms with van der Waals surface area (Å²) in [4.78, 5) is 13.5. The summed E-state index contributed by atoms with van der Waals surface area (Å²) in [5, 5.41) is 9.26. The average molecular weight is 279 g/mol. The van der Waals surface area contributed by atoms with Crippen molar-refractivity contribution in [2.75, 3.05) is 33.4 Å². The van der Waals surface area contributed by atoms with Gasteiger partial charge in [0.25, 0.3) is 0 Å². The number of hydrogen-bond acceptors (Lipinski definition) is 4. The van der Waals surface area contributed by atoms with Gasteiger partial charge in [-0.15, -0.1) is 0 Å². The van der Waals surface area contributed by atoms with Crippen LogP contribution in [0.2, 0.25) is 0 Å². The van der Waals surface area contributed by atoms with Gasteiger partial charge in [0.1, 0.15) is 5.75 Å². The van der Waals surface area contributed by atoms with Crippen molar-refractivity contribution in [2.24, 2.45) is 0 Å². The maximum atomic E-state index is 11.3. The minimum Gasteiger partial charge on any atom is -0.497 e. The zero-order chi connectivity index (χ0) is 14.6. The van der Waals surface area contributed by atoms with Crippen molar-refractivity contribution < 1.29 is 19.4 Å². The van der Waals surface area contributed by atoms with Crippen LogP contribution in [-0.2, 0) is 15.1 Å². The Kier molecular flexibility index (Phi) is 4.62. The Morgan fingerprint density at radius 2 is 1.95 bits per heavy atom. The standard InChI is InChI=1S/C15H21NO4/c1-15(11-14(17)18,16-7-9-20-10-8-16)12-3-5-13(19-2)6-4-12/h3-6H,7-11H2,1-2H3,(H,17,18). The molecule has 0 saturated carbocycles. The van der Waals surface area contributed by atoms with Crippen molar-refractivity contribution >= 4 is 5.97 Å². The normalized spacial score (nSPS) is 19.3. The lowest BCUT2D eigenvalue weighted by atomic mass is 9.86. The van der Waals surface area contributed by atoms with Crippen molar-refractivity contribution in [3.63, 3.8) is 0 Å². The molecule has 1 unspecified atom stereocenters. The van der Waals surface area contributed by atoms with Gasteiger partial charge >= 0.3 is 5.97 Å². The predicted octanol–water partition coefficient (Wildman–Crippen LogP) is 1.72. The highest BCUT2D eigenvalue weighted by molar-refractivity contribution is 5.69. The number of aliphatic carboxylic acids is 1. The maximum Gasteiger partial charge on any atom is 0.305 e. The Morgan fingerprint density at radius 1 is 1.35 bits per heavy atom. The van der Waals surface area contributed by atoms with Crippen LogP contribution in [0, 0.1) is 0 Å². The quantitative estimate of drug-likeness (QED) is 0.889. The predicted molar refractivity (Wildman–Crippen MR) is 75.0 cm³/mol. The van der Waals surface area contributed by atoms with E-state index in [1.165, 1.54) is 0 Å². The highest BCUT2D eigenvalue weighted by atomic mass is 16.5. The molecule has 0 bridgehead atoms. The zero-order valence-electron chi connectivity index (χ0n) is 12.0. The number of methoxy groups -OCH3 is 1. The van der Waals surface area contributed by atoms with E-state index in [0.29, 0.717) is 13.2 Å². The minimum atomic E-state index is -0.796. The lowest BCUT2D eigenvalue weighted by Gasteiger charge is -2.43. The van der Waals surface area contributed by atoms with Gasteiger partial charge in [-0.1, -0.05) is 12.1 Å². The van der Waals surface area contributed by atoms with E-state index >= 15 is 0 Å². The number of ether oxygens (including phenoxy) is 2. The van der Waals surface area contributed by atoms with Gasteiger partial charge in [-0.3, -0.25) is 9.69 Å². The van der Waals surface area contributed by atoms with Crippen molar-refractivity contribution in [3.05, 3.63) is 29.8 Å². The second kappa shape index (κ2) is 6.24. The van der Waals surface area contributed by atoms with Gasteiger partial charge in [0.05, 0.1) is 32.3 Å². The molecule has 0 aromatic heterocycles. The third kappa shape index (κ3) is 3.11. The van der Waals surface area contributed by atoms with Gasteiger partial charge in [-0.05, 0) is 24.6 Å². The van der Waals surface area contributed by atoms with Crippen LogP contribution in [0.4, 0.5) is 0 Å². The summed E-state index contributed by atoms with van der Waals surface area (Å²) in [6, 6.07) is 7.63. The van der Waals surface area contributed by atoms with Crippen molar-refractivity contribution in [1.82, 2.24) is 4.90 Å². The van der Waals surface area contributed by atoms with Crippen LogP contribution in [0.25, 0.3) is 0 Å². The van der Waals surface area contributed by atoms with Crippen molar-refractivity contribution in [3.8, 4) is 5.75 Å². The molecule has 0 amide bonds. The van der Waals surface area contributed by atoms with Gasteiger partial charge in [-0.2, -0.15) is 0 Å². The number of nitrogens with zero attached hydrogens (tertiary/aromatic N) is 1. The van der Waals surface area contributed by atoms with E-state index in [4.69, 9.17) is 9.47 Å². The lowest BCUT2D eigenvalue weighted by Crippen LogP contribution is -2.50. The van der Waals surface area contributed by atoms with Crippen LogP contribution in [0.1, 0.15) is 18.9 Å². The fourth-order valence-corrected chi connectivity index (χ4v) is 2.70. The second-order valence-electron chi connectivity index (χ2n) is 5.17. The molecule has 1 aliphatic heterocycles. The van der Waals surface area contributed by atoms with Crippen LogP contribution >= 0.6 is 0 Å². The van der Waals surface area contributed by atoms with Gasteiger partial charge in [0, 0.05) is 13.1 Å². The van der Waals surface area contributed by atoms with Crippen molar-refractivity contribution in [1.29, 1.82) is 0 Å². The summed E-state index contributed by atoms with van der Waals surface area (Å²) in [5.41, 5.74) is 0.463. The summed E-state index contributed by atoms with van der Waals surface area (Å²) < 4.78 is 10.5. The first-order valence-electron chi connectivity index (χ1n) is 6.75. The topological polar surface area (TPSA) is 59.0 Å². The fourth-order valence-electron chi connectivity index (χ4n) is 2.70. The Hall–Kier alpha value is -1.59. The van der Waals surface area contributed by atoms with E-state index < -0.39 is 11.5 Å². The number of rotatable bonds is 5. The molecule has 0 spiro atoms. The molecule has 1 aromatic carbocycles. The molecule has 1 heterocycles. The summed E-state index contributed by atoms with van der Waals surface area (Å²) >= 11 is 0. The largest absolute Gasteiger partial charge is 0.497 e. The van der Waals surface area contributed by atoms with Gasteiger partial charge in [0.15, 0.2) is 0 Å². The summed E-state index contributed by atoms with van der Waals surface area (Å²) in [5.74, 6) is -0.0248. The smallest absolute Gasteiger partial charge is 0.305 e. The van der Waals surface area contributed by atoms with Crippen LogP contribution in [0.15, 0.2) is 24.3 Å². The van der Waals surface area contributed by atoms with E-state index in [1.54, 1.807) is 7.11 Å². The third-order valence-electron chi connectivity index (χ3n) is 3.92. The number of benzene rings is 1. The number of hydrogen-bond donors (Lipinski definition) is 1.